The van der Waals surface area contributed by atoms with Gasteiger partial charge in [-0.25, -0.2) is 0 Å². The molecule has 1 atom stereocenters. The van der Waals surface area contributed by atoms with Gasteiger partial charge in [0.05, 0.1) is 5.56 Å². The number of alkyl halides is 3. The van der Waals surface area contributed by atoms with Crippen molar-refractivity contribution in [1.82, 2.24) is 0 Å². The van der Waals surface area contributed by atoms with Crippen LogP contribution in [-0.2, 0) is 6.18 Å². The molecule has 0 saturated carbocycles. The molecule has 0 aliphatic rings. The summed E-state index contributed by atoms with van der Waals surface area (Å²) in [6.07, 6.45) is -4.27. The van der Waals surface area contributed by atoms with Gasteiger partial charge in [0, 0.05) is 11.7 Å². The molecule has 1 rings (SSSR count). The Labute approximate surface area is 100 Å². The molecule has 0 aromatic heterocycles. The highest BCUT2D eigenvalue weighted by molar-refractivity contribution is 5.53. The summed E-state index contributed by atoms with van der Waals surface area (Å²) in [5.74, 6) is 0.427. The summed E-state index contributed by atoms with van der Waals surface area (Å²) in [6, 6.07) is 4.01. The minimum atomic E-state index is -4.27. The quantitative estimate of drug-likeness (QED) is 0.828. The van der Waals surface area contributed by atoms with E-state index in [4.69, 9.17) is 0 Å². The van der Waals surface area contributed by atoms with E-state index in [1.807, 2.05) is 6.92 Å². The molecule has 1 nitrogen and oxygen atoms in total. The summed E-state index contributed by atoms with van der Waals surface area (Å²) in [7, 11) is 0. The molecule has 0 fully saturated rings. The number of nitrogens with one attached hydrogen (secondary N) is 1. The number of aryl methyl sites for hydroxylation is 1. The number of rotatable bonds is 3. The summed E-state index contributed by atoms with van der Waals surface area (Å²) < 4.78 is 37.4. The maximum Gasteiger partial charge on any atom is 0.416 e. The van der Waals surface area contributed by atoms with Gasteiger partial charge in [-0.15, -0.1) is 0 Å². The van der Waals surface area contributed by atoms with Crippen molar-refractivity contribution in [2.45, 2.75) is 39.9 Å². The number of anilines is 1. The third-order valence-corrected chi connectivity index (χ3v) is 2.94. The van der Waals surface area contributed by atoms with Gasteiger partial charge in [-0.1, -0.05) is 13.8 Å². The molecule has 0 heterocycles. The molecule has 17 heavy (non-hydrogen) atoms. The van der Waals surface area contributed by atoms with Gasteiger partial charge < -0.3 is 5.32 Å². The standard InChI is InChI=1S/C13H18F3N/c1-8(2)10(4)17-12-6-5-11(7-9(12)3)13(14,15)16/h5-8,10,17H,1-4H3. The normalized spacial score (nSPS) is 13.9. The molecule has 96 valence electrons. The lowest BCUT2D eigenvalue weighted by Crippen LogP contribution is -2.22. The molecule has 4 heteroatoms. The average molecular weight is 245 g/mol. The van der Waals surface area contributed by atoms with E-state index in [1.165, 1.54) is 12.1 Å². The maximum atomic E-state index is 12.5. The molecule has 1 aromatic carbocycles. The summed E-state index contributed by atoms with van der Waals surface area (Å²) in [5, 5.41) is 3.22. The molecule has 1 unspecified atom stereocenters. The van der Waals surface area contributed by atoms with E-state index in [2.05, 4.69) is 19.2 Å². The Morgan fingerprint density at radius 2 is 1.71 bits per heavy atom. The van der Waals surface area contributed by atoms with Crippen LogP contribution < -0.4 is 5.32 Å². The van der Waals surface area contributed by atoms with Crippen LogP contribution in [0.5, 0.6) is 0 Å². The Balaban J connectivity index is 2.91. The molecule has 0 bridgehead atoms. The monoisotopic (exact) mass is 245 g/mol. The second kappa shape index (κ2) is 4.98. The predicted octanol–water partition coefficient (Wildman–Crippen LogP) is 4.47. The third-order valence-electron chi connectivity index (χ3n) is 2.94. The Morgan fingerprint density at radius 1 is 1.12 bits per heavy atom. The molecular weight excluding hydrogens is 227 g/mol. The minimum Gasteiger partial charge on any atom is -0.382 e. The van der Waals surface area contributed by atoms with Crippen LogP contribution in [0.4, 0.5) is 18.9 Å². The van der Waals surface area contributed by atoms with Crippen molar-refractivity contribution in [3.8, 4) is 0 Å². The van der Waals surface area contributed by atoms with Crippen LogP contribution in [0.15, 0.2) is 18.2 Å². The largest absolute Gasteiger partial charge is 0.416 e. The zero-order valence-corrected chi connectivity index (χ0v) is 10.5. The van der Waals surface area contributed by atoms with E-state index in [9.17, 15) is 13.2 Å². The highest BCUT2D eigenvalue weighted by Crippen LogP contribution is 2.31. The maximum absolute atomic E-state index is 12.5. The fourth-order valence-electron chi connectivity index (χ4n) is 1.41. The van der Waals surface area contributed by atoms with E-state index < -0.39 is 11.7 Å². The summed E-state index contributed by atoms with van der Waals surface area (Å²) in [5.41, 5.74) is 0.782. The van der Waals surface area contributed by atoms with E-state index in [0.717, 1.165) is 11.8 Å². The highest BCUT2D eigenvalue weighted by Gasteiger charge is 2.30. The SMILES string of the molecule is Cc1cc(C(F)(F)F)ccc1NC(C)C(C)C. The first-order valence-corrected chi connectivity index (χ1v) is 5.66. The number of benzene rings is 1. The Hall–Kier alpha value is -1.19. The molecule has 1 N–H and O–H groups in total. The van der Waals surface area contributed by atoms with E-state index in [0.29, 0.717) is 11.5 Å². The van der Waals surface area contributed by atoms with Crippen molar-refractivity contribution in [3.63, 3.8) is 0 Å². The molecule has 0 aliphatic carbocycles. The Bertz CT molecular complexity index is 383. The Kier molecular flexibility index (Phi) is 4.07. The molecule has 0 saturated heterocycles. The minimum absolute atomic E-state index is 0.227. The molecule has 0 spiro atoms. The lowest BCUT2D eigenvalue weighted by atomic mass is 10.0. The van der Waals surface area contributed by atoms with Crippen molar-refractivity contribution in [2.24, 2.45) is 5.92 Å². The molecule has 0 radical (unpaired) electrons. The van der Waals surface area contributed by atoms with Gasteiger partial charge in [-0.05, 0) is 43.5 Å². The summed E-state index contributed by atoms with van der Waals surface area (Å²) in [4.78, 5) is 0. The lowest BCUT2D eigenvalue weighted by Gasteiger charge is -2.21. The zero-order valence-electron chi connectivity index (χ0n) is 10.5. The second-order valence-corrected chi connectivity index (χ2v) is 4.70. The zero-order chi connectivity index (χ0) is 13.2. The molecule has 1 aromatic rings. The van der Waals surface area contributed by atoms with Crippen molar-refractivity contribution in [3.05, 3.63) is 29.3 Å². The first-order valence-electron chi connectivity index (χ1n) is 5.66. The molecular formula is C13H18F3N. The number of hydrogen-bond donors (Lipinski definition) is 1. The van der Waals surface area contributed by atoms with Crippen molar-refractivity contribution < 1.29 is 13.2 Å². The van der Waals surface area contributed by atoms with Crippen LogP contribution in [-0.4, -0.2) is 6.04 Å². The van der Waals surface area contributed by atoms with Gasteiger partial charge in [0.25, 0.3) is 0 Å². The van der Waals surface area contributed by atoms with Crippen LogP contribution in [0, 0.1) is 12.8 Å². The molecule has 0 aliphatic heterocycles. The van der Waals surface area contributed by atoms with Crippen molar-refractivity contribution >= 4 is 5.69 Å². The summed E-state index contributed by atoms with van der Waals surface area (Å²) >= 11 is 0. The van der Waals surface area contributed by atoms with Crippen LogP contribution in [0.3, 0.4) is 0 Å². The van der Waals surface area contributed by atoms with E-state index in [-0.39, 0.29) is 6.04 Å². The van der Waals surface area contributed by atoms with Crippen LogP contribution in [0.1, 0.15) is 31.9 Å². The first kappa shape index (κ1) is 13.9. The van der Waals surface area contributed by atoms with Gasteiger partial charge in [0.1, 0.15) is 0 Å². The average Bonchev–Trinajstić information content (AvgIpc) is 2.19. The fraction of sp³-hybridized carbons (Fsp3) is 0.538. The van der Waals surface area contributed by atoms with E-state index in [1.54, 1.807) is 6.92 Å². The van der Waals surface area contributed by atoms with E-state index >= 15 is 0 Å². The van der Waals surface area contributed by atoms with Crippen LogP contribution in [0.25, 0.3) is 0 Å². The van der Waals surface area contributed by atoms with Gasteiger partial charge in [-0.2, -0.15) is 13.2 Å². The topological polar surface area (TPSA) is 12.0 Å². The third kappa shape index (κ3) is 3.65. The first-order chi connectivity index (χ1) is 7.71. The number of halogens is 3. The smallest absolute Gasteiger partial charge is 0.382 e. The van der Waals surface area contributed by atoms with Crippen LogP contribution in [0.2, 0.25) is 0 Å². The van der Waals surface area contributed by atoms with Gasteiger partial charge >= 0.3 is 6.18 Å². The Morgan fingerprint density at radius 3 is 2.12 bits per heavy atom. The van der Waals surface area contributed by atoms with Gasteiger partial charge in [0.2, 0.25) is 0 Å². The second-order valence-electron chi connectivity index (χ2n) is 4.70. The van der Waals surface area contributed by atoms with Gasteiger partial charge in [-0.3, -0.25) is 0 Å². The van der Waals surface area contributed by atoms with Crippen molar-refractivity contribution in [2.75, 3.05) is 5.32 Å². The summed E-state index contributed by atoms with van der Waals surface area (Å²) in [6.45, 7) is 7.83. The fourth-order valence-corrected chi connectivity index (χ4v) is 1.41. The predicted molar refractivity (Wildman–Crippen MR) is 64.1 cm³/mol. The lowest BCUT2D eigenvalue weighted by molar-refractivity contribution is -0.137. The van der Waals surface area contributed by atoms with Crippen LogP contribution >= 0.6 is 0 Å². The number of hydrogen-bond acceptors (Lipinski definition) is 1. The molecule has 0 amide bonds. The van der Waals surface area contributed by atoms with Crippen molar-refractivity contribution in [1.29, 1.82) is 0 Å². The highest BCUT2D eigenvalue weighted by atomic mass is 19.4. The van der Waals surface area contributed by atoms with Gasteiger partial charge in [0.15, 0.2) is 0 Å².